The highest BCUT2D eigenvalue weighted by Gasteiger charge is 2.17. The van der Waals surface area contributed by atoms with E-state index in [9.17, 15) is 14.4 Å². The van der Waals surface area contributed by atoms with E-state index in [0.29, 0.717) is 37.6 Å². The molecule has 0 unspecified atom stereocenters. The number of ketones is 1. The first-order valence-corrected chi connectivity index (χ1v) is 7.32. The first-order valence-electron chi connectivity index (χ1n) is 7.32. The lowest BCUT2D eigenvalue weighted by atomic mass is 10.1. The topological polar surface area (TPSA) is 75.7 Å². The third-order valence-corrected chi connectivity index (χ3v) is 3.48. The fourth-order valence-electron chi connectivity index (χ4n) is 2.23. The summed E-state index contributed by atoms with van der Waals surface area (Å²) in [5.74, 6) is -0.322. The summed E-state index contributed by atoms with van der Waals surface area (Å²) in [5.41, 5.74) is 1.11. The van der Waals surface area contributed by atoms with Crippen molar-refractivity contribution in [2.45, 2.75) is 19.8 Å². The zero-order valence-electron chi connectivity index (χ0n) is 12.6. The minimum atomic E-state index is -0.234. The van der Waals surface area contributed by atoms with Crippen LogP contribution in [0.2, 0.25) is 0 Å². The molecule has 0 radical (unpaired) electrons. The summed E-state index contributed by atoms with van der Waals surface area (Å²) >= 11 is 0. The van der Waals surface area contributed by atoms with Crippen molar-refractivity contribution in [3.8, 4) is 0 Å². The van der Waals surface area contributed by atoms with Crippen LogP contribution in [0.5, 0.6) is 0 Å². The summed E-state index contributed by atoms with van der Waals surface area (Å²) in [7, 11) is 0. The number of amides is 2. The highest BCUT2D eigenvalue weighted by Crippen LogP contribution is 2.12. The molecule has 0 bridgehead atoms. The first-order chi connectivity index (χ1) is 10.6. The van der Waals surface area contributed by atoms with Crippen molar-refractivity contribution in [2.24, 2.45) is 0 Å². The molecule has 1 aromatic carbocycles. The highest BCUT2D eigenvalue weighted by atomic mass is 16.5. The Hall–Kier alpha value is -2.21. The number of rotatable bonds is 5. The standard InChI is InChI=1S/C16H20N2O4/c1-12(19)13-3-2-4-14(11-13)17-15(20)5-6-16(21)18-7-9-22-10-8-18/h2-4,11H,5-10H2,1H3,(H,17,20). The number of hydrogen-bond donors (Lipinski definition) is 1. The summed E-state index contributed by atoms with van der Waals surface area (Å²) in [6, 6.07) is 6.75. The predicted molar refractivity (Wildman–Crippen MR) is 81.7 cm³/mol. The molecule has 1 heterocycles. The molecule has 2 rings (SSSR count). The molecule has 0 aromatic heterocycles. The van der Waals surface area contributed by atoms with Crippen molar-refractivity contribution >= 4 is 23.3 Å². The quantitative estimate of drug-likeness (QED) is 0.836. The van der Waals surface area contributed by atoms with Gasteiger partial charge in [0.25, 0.3) is 0 Å². The molecule has 0 aliphatic carbocycles. The Morgan fingerprint density at radius 1 is 1.18 bits per heavy atom. The first kappa shape index (κ1) is 16.2. The number of carbonyl (C=O) groups is 3. The van der Waals surface area contributed by atoms with Crippen LogP contribution in [0.4, 0.5) is 5.69 Å². The lowest BCUT2D eigenvalue weighted by Gasteiger charge is -2.26. The molecule has 0 spiro atoms. The number of ether oxygens (including phenoxy) is 1. The van der Waals surface area contributed by atoms with Crippen molar-refractivity contribution < 1.29 is 19.1 Å². The second-order valence-corrected chi connectivity index (χ2v) is 5.18. The number of nitrogens with one attached hydrogen (secondary N) is 1. The number of carbonyl (C=O) groups excluding carboxylic acids is 3. The maximum Gasteiger partial charge on any atom is 0.224 e. The number of hydrogen-bond acceptors (Lipinski definition) is 4. The second-order valence-electron chi connectivity index (χ2n) is 5.18. The molecule has 1 N–H and O–H groups in total. The zero-order valence-corrected chi connectivity index (χ0v) is 12.6. The van der Waals surface area contributed by atoms with Gasteiger partial charge < -0.3 is 15.0 Å². The Bertz CT molecular complexity index is 565. The molecule has 1 aromatic rings. The minimum Gasteiger partial charge on any atom is -0.378 e. The fraction of sp³-hybridized carbons (Fsp3) is 0.438. The third-order valence-electron chi connectivity index (χ3n) is 3.48. The molecule has 6 heteroatoms. The molecular weight excluding hydrogens is 284 g/mol. The van der Waals surface area contributed by atoms with E-state index in [2.05, 4.69) is 5.32 Å². The van der Waals surface area contributed by atoms with Gasteiger partial charge in [-0.05, 0) is 19.1 Å². The van der Waals surface area contributed by atoms with Gasteiger partial charge in [0.05, 0.1) is 13.2 Å². The van der Waals surface area contributed by atoms with Crippen molar-refractivity contribution in [3.63, 3.8) is 0 Å². The van der Waals surface area contributed by atoms with Gasteiger partial charge in [-0.15, -0.1) is 0 Å². The van der Waals surface area contributed by atoms with Gasteiger partial charge in [-0.25, -0.2) is 0 Å². The van der Waals surface area contributed by atoms with Crippen LogP contribution in [-0.4, -0.2) is 48.8 Å². The van der Waals surface area contributed by atoms with Gasteiger partial charge in [0.15, 0.2) is 5.78 Å². The van der Waals surface area contributed by atoms with Crippen LogP contribution in [0, 0.1) is 0 Å². The Morgan fingerprint density at radius 3 is 2.59 bits per heavy atom. The maximum atomic E-state index is 11.9. The zero-order chi connectivity index (χ0) is 15.9. The monoisotopic (exact) mass is 304 g/mol. The number of anilines is 1. The predicted octanol–water partition coefficient (Wildman–Crippen LogP) is 1.47. The molecule has 0 atom stereocenters. The Kier molecular flexibility index (Phi) is 5.66. The minimum absolute atomic E-state index is 0.0315. The van der Waals surface area contributed by atoms with E-state index >= 15 is 0 Å². The molecule has 118 valence electrons. The Labute approximate surface area is 129 Å². The van der Waals surface area contributed by atoms with Crippen LogP contribution in [0.25, 0.3) is 0 Å². The SMILES string of the molecule is CC(=O)c1cccc(NC(=O)CCC(=O)N2CCOCC2)c1. The van der Waals surface area contributed by atoms with Gasteiger partial charge in [0, 0.05) is 37.2 Å². The average Bonchev–Trinajstić information content (AvgIpc) is 2.53. The molecule has 1 aliphatic rings. The number of Topliss-reactive ketones (excluding diaryl/α,β-unsaturated/α-hetero) is 1. The van der Waals surface area contributed by atoms with Crippen LogP contribution in [0.3, 0.4) is 0 Å². The lowest BCUT2D eigenvalue weighted by molar-refractivity contribution is -0.136. The summed E-state index contributed by atoms with van der Waals surface area (Å²) < 4.78 is 5.18. The smallest absolute Gasteiger partial charge is 0.224 e. The van der Waals surface area contributed by atoms with Gasteiger partial charge in [-0.1, -0.05) is 12.1 Å². The summed E-state index contributed by atoms with van der Waals surface area (Å²) in [4.78, 5) is 36.8. The van der Waals surface area contributed by atoms with E-state index in [1.807, 2.05) is 0 Å². The molecule has 1 saturated heterocycles. The van der Waals surface area contributed by atoms with E-state index in [1.165, 1.54) is 6.92 Å². The third kappa shape index (κ3) is 4.66. The lowest BCUT2D eigenvalue weighted by Crippen LogP contribution is -2.40. The van der Waals surface area contributed by atoms with E-state index in [4.69, 9.17) is 4.74 Å². The van der Waals surface area contributed by atoms with E-state index in [0.717, 1.165) is 0 Å². The molecule has 6 nitrogen and oxygen atoms in total. The number of nitrogens with zero attached hydrogens (tertiary/aromatic N) is 1. The molecule has 0 saturated carbocycles. The van der Waals surface area contributed by atoms with Gasteiger partial charge in [0.2, 0.25) is 11.8 Å². The van der Waals surface area contributed by atoms with E-state index in [1.54, 1.807) is 29.2 Å². The van der Waals surface area contributed by atoms with Gasteiger partial charge in [-0.3, -0.25) is 14.4 Å². The molecule has 1 aliphatic heterocycles. The summed E-state index contributed by atoms with van der Waals surface area (Å²) in [5, 5.41) is 2.71. The van der Waals surface area contributed by atoms with Crippen LogP contribution in [0.15, 0.2) is 24.3 Å². The Morgan fingerprint density at radius 2 is 1.91 bits per heavy atom. The van der Waals surface area contributed by atoms with Gasteiger partial charge in [-0.2, -0.15) is 0 Å². The molecular formula is C16H20N2O4. The average molecular weight is 304 g/mol. The molecule has 22 heavy (non-hydrogen) atoms. The Balaban J connectivity index is 1.81. The van der Waals surface area contributed by atoms with Crippen LogP contribution < -0.4 is 5.32 Å². The van der Waals surface area contributed by atoms with Crippen LogP contribution >= 0.6 is 0 Å². The summed E-state index contributed by atoms with van der Waals surface area (Å²) in [6.45, 7) is 3.75. The van der Waals surface area contributed by atoms with Crippen LogP contribution in [0.1, 0.15) is 30.1 Å². The van der Waals surface area contributed by atoms with E-state index in [-0.39, 0.29) is 30.4 Å². The van der Waals surface area contributed by atoms with Crippen molar-refractivity contribution in [2.75, 3.05) is 31.6 Å². The fourth-order valence-corrected chi connectivity index (χ4v) is 2.23. The second kappa shape index (κ2) is 7.70. The van der Waals surface area contributed by atoms with E-state index < -0.39 is 0 Å². The number of morpholine rings is 1. The van der Waals surface area contributed by atoms with Crippen molar-refractivity contribution in [3.05, 3.63) is 29.8 Å². The van der Waals surface area contributed by atoms with Gasteiger partial charge >= 0.3 is 0 Å². The summed E-state index contributed by atoms with van der Waals surface area (Å²) in [6.07, 6.45) is 0.304. The van der Waals surface area contributed by atoms with Crippen molar-refractivity contribution in [1.82, 2.24) is 4.90 Å². The normalized spacial score (nSPS) is 14.5. The van der Waals surface area contributed by atoms with Crippen LogP contribution in [-0.2, 0) is 14.3 Å². The largest absolute Gasteiger partial charge is 0.378 e. The molecule has 2 amide bonds. The molecule has 1 fully saturated rings. The van der Waals surface area contributed by atoms with Gasteiger partial charge in [0.1, 0.15) is 0 Å². The maximum absolute atomic E-state index is 11.9. The highest BCUT2D eigenvalue weighted by molar-refractivity contribution is 5.97. The van der Waals surface area contributed by atoms with Crippen molar-refractivity contribution in [1.29, 1.82) is 0 Å². The number of benzene rings is 1.